The van der Waals surface area contributed by atoms with Gasteiger partial charge in [-0.1, -0.05) is 13.0 Å². The fraction of sp³-hybridized carbons (Fsp3) is 0.353. The number of methoxy groups -OCH3 is 2. The second-order valence-corrected chi connectivity index (χ2v) is 4.78. The molecule has 0 saturated heterocycles. The van der Waals surface area contributed by atoms with Crippen molar-refractivity contribution >= 4 is 0 Å². The first-order chi connectivity index (χ1) is 10.2. The quantitative estimate of drug-likeness (QED) is 0.886. The first-order valence-corrected chi connectivity index (χ1v) is 7.08. The van der Waals surface area contributed by atoms with Crippen molar-refractivity contribution < 1.29 is 9.47 Å². The van der Waals surface area contributed by atoms with Gasteiger partial charge in [0.15, 0.2) is 0 Å². The number of benzene rings is 1. The van der Waals surface area contributed by atoms with E-state index in [0.29, 0.717) is 0 Å². The van der Waals surface area contributed by atoms with E-state index in [2.05, 4.69) is 23.3 Å². The summed E-state index contributed by atoms with van der Waals surface area (Å²) >= 11 is 0. The van der Waals surface area contributed by atoms with Gasteiger partial charge in [-0.3, -0.25) is 4.98 Å². The van der Waals surface area contributed by atoms with Gasteiger partial charge in [-0.05, 0) is 37.2 Å². The highest BCUT2D eigenvalue weighted by Crippen LogP contribution is 2.33. The van der Waals surface area contributed by atoms with Crippen LogP contribution in [0.15, 0.2) is 36.5 Å². The zero-order valence-electron chi connectivity index (χ0n) is 13.0. The van der Waals surface area contributed by atoms with Crippen molar-refractivity contribution in [2.24, 2.45) is 0 Å². The summed E-state index contributed by atoms with van der Waals surface area (Å²) in [5.41, 5.74) is 3.25. The van der Waals surface area contributed by atoms with Gasteiger partial charge in [0.2, 0.25) is 0 Å². The lowest BCUT2D eigenvalue weighted by Gasteiger charge is -2.22. The molecule has 1 aromatic carbocycles. The third-order valence-corrected chi connectivity index (χ3v) is 3.52. The minimum absolute atomic E-state index is 0.0459. The van der Waals surface area contributed by atoms with Crippen molar-refractivity contribution in [1.82, 2.24) is 10.3 Å². The van der Waals surface area contributed by atoms with Gasteiger partial charge in [-0.2, -0.15) is 0 Å². The third kappa shape index (κ3) is 3.34. The van der Waals surface area contributed by atoms with Crippen LogP contribution in [-0.2, 0) is 0 Å². The molecule has 4 nitrogen and oxygen atoms in total. The molecular weight excluding hydrogens is 264 g/mol. The average molecular weight is 286 g/mol. The summed E-state index contributed by atoms with van der Waals surface area (Å²) in [4.78, 5) is 4.39. The number of ether oxygens (including phenoxy) is 2. The number of aromatic nitrogens is 1. The molecule has 21 heavy (non-hydrogen) atoms. The number of rotatable bonds is 6. The van der Waals surface area contributed by atoms with Gasteiger partial charge < -0.3 is 14.8 Å². The van der Waals surface area contributed by atoms with Gasteiger partial charge in [0.05, 0.1) is 20.3 Å². The van der Waals surface area contributed by atoms with Crippen molar-refractivity contribution in [1.29, 1.82) is 0 Å². The van der Waals surface area contributed by atoms with E-state index in [9.17, 15) is 0 Å². The maximum absolute atomic E-state index is 5.54. The van der Waals surface area contributed by atoms with Crippen molar-refractivity contribution in [3.63, 3.8) is 0 Å². The lowest BCUT2D eigenvalue weighted by atomic mass is 9.96. The van der Waals surface area contributed by atoms with Crippen LogP contribution in [0.1, 0.15) is 29.8 Å². The van der Waals surface area contributed by atoms with Crippen LogP contribution in [-0.4, -0.2) is 25.7 Å². The summed E-state index contributed by atoms with van der Waals surface area (Å²) in [6.45, 7) is 4.97. The smallest absolute Gasteiger partial charge is 0.127 e. The van der Waals surface area contributed by atoms with E-state index in [0.717, 1.165) is 34.9 Å². The molecule has 0 amide bonds. The first-order valence-electron chi connectivity index (χ1n) is 7.08. The summed E-state index contributed by atoms with van der Waals surface area (Å²) in [5.74, 6) is 1.59. The van der Waals surface area contributed by atoms with Crippen LogP contribution in [0.25, 0.3) is 0 Å². The van der Waals surface area contributed by atoms with E-state index in [4.69, 9.17) is 9.47 Å². The maximum Gasteiger partial charge on any atom is 0.127 e. The third-order valence-electron chi connectivity index (χ3n) is 3.52. The molecule has 0 aliphatic heterocycles. The minimum Gasteiger partial charge on any atom is -0.497 e. The summed E-state index contributed by atoms with van der Waals surface area (Å²) in [5, 5.41) is 3.51. The molecule has 1 aromatic heterocycles. The van der Waals surface area contributed by atoms with Gasteiger partial charge >= 0.3 is 0 Å². The molecule has 0 fully saturated rings. The van der Waals surface area contributed by atoms with Gasteiger partial charge in [0.25, 0.3) is 0 Å². The van der Waals surface area contributed by atoms with Crippen LogP contribution in [0.5, 0.6) is 11.5 Å². The molecule has 0 radical (unpaired) electrons. The van der Waals surface area contributed by atoms with Crippen LogP contribution in [0.4, 0.5) is 0 Å². The Balaban J connectivity index is 2.50. The highest BCUT2D eigenvalue weighted by molar-refractivity contribution is 5.46. The molecule has 1 N–H and O–H groups in total. The molecule has 2 aromatic rings. The van der Waals surface area contributed by atoms with Crippen LogP contribution in [0, 0.1) is 6.92 Å². The monoisotopic (exact) mass is 286 g/mol. The fourth-order valence-electron chi connectivity index (χ4n) is 2.45. The van der Waals surface area contributed by atoms with Crippen LogP contribution < -0.4 is 14.8 Å². The van der Waals surface area contributed by atoms with Gasteiger partial charge in [-0.25, -0.2) is 0 Å². The second-order valence-electron chi connectivity index (χ2n) is 4.78. The maximum atomic E-state index is 5.54. The Morgan fingerprint density at radius 1 is 1.14 bits per heavy atom. The highest BCUT2D eigenvalue weighted by atomic mass is 16.5. The molecule has 2 rings (SSSR count). The van der Waals surface area contributed by atoms with Crippen LogP contribution >= 0.6 is 0 Å². The van der Waals surface area contributed by atoms with E-state index in [-0.39, 0.29) is 6.04 Å². The van der Waals surface area contributed by atoms with E-state index in [1.807, 2.05) is 37.4 Å². The van der Waals surface area contributed by atoms with Gasteiger partial charge in [-0.15, -0.1) is 0 Å². The number of nitrogens with one attached hydrogen (secondary N) is 1. The fourth-order valence-corrected chi connectivity index (χ4v) is 2.45. The number of hydrogen-bond acceptors (Lipinski definition) is 4. The Morgan fingerprint density at radius 2 is 1.95 bits per heavy atom. The lowest BCUT2D eigenvalue weighted by Crippen LogP contribution is -2.23. The zero-order chi connectivity index (χ0) is 15.2. The Labute approximate surface area is 126 Å². The molecule has 0 bridgehead atoms. The zero-order valence-corrected chi connectivity index (χ0v) is 13.0. The average Bonchev–Trinajstić information content (AvgIpc) is 2.53. The molecule has 112 valence electrons. The van der Waals surface area contributed by atoms with E-state index < -0.39 is 0 Å². The van der Waals surface area contributed by atoms with Gasteiger partial charge in [0, 0.05) is 23.5 Å². The standard InChI is InChI=1S/C17H22N2O2/c1-5-18-17(14-7-6-10-19-12(14)2)15-9-8-13(20-3)11-16(15)21-4/h6-11,17-18H,5H2,1-4H3. The molecule has 1 heterocycles. The summed E-state index contributed by atoms with van der Waals surface area (Å²) in [6.07, 6.45) is 1.81. The molecule has 4 heteroatoms. The number of aryl methyl sites for hydroxylation is 1. The normalized spacial score (nSPS) is 12.0. The molecule has 0 aliphatic carbocycles. The number of pyridine rings is 1. The Bertz CT molecular complexity index is 599. The van der Waals surface area contributed by atoms with Crippen molar-refractivity contribution in [2.45, 2.75) is 19.9 Å². The predicted octanol–water partition coefficient (Wildman–Crippen LogP) is 3.11. The molecule has 0 spiro atoms. The predicted molar refractivity (Wildman–Crippen MR) is 84.0 cm³/mol. The Hall–Kier alpha value is -2.07. The number of nitrogens with zero attached hydrogens (tertiary/aromatic N) is 1. The summed E-state index contributed by atoms with van der Waals surface area (Å²) in [6, 6.07) is 10.0. The van der Waals surface area contributed by atoms with Crippen molar-refractivity contribution in [3.8, 4) is 11.5 Å². The van der Waals surface area contributed by atoms with Crippen LogP contribution in [0.2, 0.25) is 0 Å². The topological polar surface area (TPSA) is 43.4 Å². The summed E-state index contributed by atoms with van der Waals surface area (Å²) in [7, 11) is 3.33. The molecule has 1 atom stereocenters. The Kier molecular flexibility index (Phi) is 5.17. The largest absolute Gasteiger partial charge is 0.497 e. The Morgan fingerprint density at radius 3 is 2.57 bits per heavy atom. The number of hydrogen-bond donors (Lipinski definition) is 1. The molecule has 1 unspecified atom stereocenters. The SMILES string of the molecule is CCNC(c1ccc(OC)cc1OC)c1cccnc1C. The summed E-state index contributed by atoms with van der Waals surface area (Å²) < 4.78 is 10.8. The highest BCUT2D eigenvalue weighted by Gasteiger charge is 2.19. The molecular formula is C17H22N2O2. The van der Waals surface area contributed by atoms with E-state index >= 15 is 0 Å². The van der Waals surface area contributed by atoms with E-state index in [1.54, 1.807) is 14.2 Å². The van der Waals surface area contributed by atoms with Crippen molar-refractivity contribution in [3.05, 3.63) is 53.3 Å². The minimum atomic E-state index is 0.0459. The van der Waals surface area contributed by atoms with E-state index in [1.165, 1.54) is 0 Å². The van der Waals surface area contributed by atoms with Crippen molar-refractivity contribution in [2.75, 3.05) is 20.8 Å². The molecule has 0 aliphatic rings. The second kappa shape index (κ2) is 7.09. The lowest BCUT2D eigenvalue weighted by molar-refractivity contribution is 0.387. The first kappa shape index (κ1) is 15.3. The van der Waals surface area contributed by atoms with Gasteiger partial charge in [0.1, 0.15) is 11.5 Å². The van der Waals surface area contributed by atoms with Crippen LogP contribution in [0.3, 0.4) is 0 Å². The molecule has 0 saturated carbocycles.